The minimum absolute atomic E-state index is 0.0646. The average molecular weight is 518 g/mol. The summed E-state index contributed by atoms with van der Waals surface area (Å²) in [5, 5.41) is 3.77. The standard InChI is InChI=1S/C33H28ClN3O/c34-28-18-16-24(17-19-28)21-35-32(38)30-20-29(30)31-22-37(23-36-31)33(25-10-4-1-5-11-25,26-12-6-2-7-13-26)27-14-8-3-9-15-27/h1-19,22-23,29-30H,20-21H2,(H,35,38)/t29-,30-/m1/s1. The molecule has 0 spiro atoms. The summed E-state index contributed by atoms with van der Waals surface area (Å²) in [6.07, 6.45) is 4.85. The number of benzene rings is 4. The fraction of sp³-hybridized carbons (Fsp3) is 0.152. The van der Waals surface area contributed by atoms with Crippen molar-refractivity contribution in [3.8, 4) is 0 Å². The van der Waals surface area contributed by atoms with Gasteiger partial charge in [0.05, 0.1) is 12.0 Å². The van der Waals surface area contributed by atoms with Crippen molar-refractivity contribution in [2.45, 2.75) is 24.4 Å². The molecule has 188 valence electrons. The van der Waals surface area contributed by atoms with Crippen LogP contribution in [0.2, 0.25) is 5.02 Å². The minimum atomic E-state index is -0.601. The Bertz CT molecular complexity index is 1420. The third-order valence-corrected chi connectivity index (χ3v) is 7.70. The maximum absolute atomic E-state index is 12.9. The number of hydrogen-bond acceptors (Lipinski definition) is 2. The zero-order valence-corrected chi connectivity index (χ0v) is 21.6. The molecule has 1 aliphatic rings. The Hall–Kier alpha value is -4.15. The predicted molar refractivity (Wildman–Crippen MR) is 151 cm³/mol. The van der Waals surface area contributed by atoms with Gasteiger partial charge in [0.15, 0.2) is 0 Å². The van der Waals surface area contributed by atoms with Crippen molar-refractivity contribution < 1.29 is 4.79 Å². The highest BCUT2D eigenvalue weighted by Gasteiger charge is 2.46. The third kappa shape index (κ3) is 4.52. The van der Waals surface area contributed by atoms with Crippen molar-refractivity contribution >= 4 is 17.5 Å². The quantitative estimate of drug-likeness (QED) is 0.230. The van der Waals surface area contributed by atoms with E-state index in [-0.39, 0.29) is 17.7 Å². The van der Waals surface area contributed by atoms with E-state index in [1.54, 1.807) is 0 Å². The molecular weight excluding hydrogens is 490 g/mol. The number of hydrogen-bond donors (Lipinski definition) is 1. The molecule has 1 saturated carbocycles. The van der Waals surface area contributed by atoms with E-state index in [0.29, 0.717) is 11.6 Å². The van der Waals surface area contributed by atoms with Crippen molar-refractivity contribution in [3.05, 3.63) is 161 Å². The number of amides is 1. The van der Waals surface area contributed by atoms with Crippen LogP contribution in [0.4, 0.5) is 0 Å². The highest BCUT2D eigenvalue weighted by atomic mass is 35.5. The van der Waals surface area contributed by atoms with Gasteiger partial charge in [-0.25, -0.2) is 4.98 Å². The summed E-state index contributed by atoms with van der Waals surface area (Å²) in [7, 11) is 0. The van der Waals surface area contributed by atoms with E-state index in [9.17, 15) is 4.79 Å². The Balaban J connectivity index is 1.32. The second kappa shape index (κ2) is 10.3. The molecule has 1 amide bonds. The molecule has 6 rings (SSSR count). The summed E-state index contributed by atoms with van der Waals surface area (Å²) in [6, 6.07) is 39.2. The zero-order valence-electron chi connectivity index (χ0n) is 20.9. The fourth-order valence-electron chi connectivity index (χ4n) is 5.43. The average Bonchev–Trinajstić information content (AvgIpc) is 3.63. The molecule has 2 atom stereocenters. The summed E-state index contributed by atoms with van der Waals surface area (Å²) in [6.45, 7) is 0.493. The molecule has 1 N–H and O–H groups in total. The van der Waals surface area contributed by atoms with Gasteiger partial charge < -0.3 is 9.88 Å². The van der Waals surface area contributed by atoms with E-state index in [4.69, 9.17) is 16.6 Å². The van der Waals surface area contributed by atoms with Gasteiger partial charge in [0, 0.05) is 29.6 Å². The van der Waals surface area contributed by atoms with Gasteiger partial charge >= 0.3 is 0 Å². The number of halogens is 1. The maximum atomic E-state index is 12.9. The number of nitrogens with zero attached hydrogens (tertiary/aromatic N) is 2. The predicted octanol–water partition coefficient (Wildman–Crippen LogP) is 6.80. The topological polar surface area (TPSA) is 46.9 Å². The smallest absolute Gasteiger partial charge is 0.224 e. The van der Waals surface area contributed by atoms with Crippen LogP contribution in [-0.4, -0.2) is 15.5 Å². The number of carbonyl (C=O) groups excluding carboxylic acids is 1. The summed E-state index contributed by atoms with van der Waals surface area (Å²) in [4.78, 5) is 17.8. The number of aromatic nitrogens is 2. The van der Waals surface area contributed by atoms with Crippen molar-refractivity contribution in [3.63, 3.8) is 0 Å². The van der Waals surface area contributed by atoms with Crippen LogP contribution in [-0.2, 0) is 16.9 Å². The summed E-state index contributed by atoms with van der Waals surface area (Å²) < 4.78 is 2.21. The molecule has 4 nitrogen and oxygen atoms in total. The molecule has 1 heterocycles. The summed E-state index contributed by atoms with van der Waals surface area (Å²) >= 11 is 5.98. The van der Waals surface area contributed by atoms with Crippen molar-refractivity contribution in [1.82, 2.24) is 14.9 Å². The van der Waals surface area contributed by atoms with Gasteiger partial charge in [-0.3, -0.25) is 4.79 Å². The lowest BCUT2D eigenvalue weighted by atomic mass is 9.77. The lowest BCUT2D eigenvalue weighted by Crippen LogP contribution is -2.36. The molecule has 1 aromatic heterocycles. The van der Waals surface area contributed by atoms with Gasteiger partial charge in [-0.2, -0.15) is 0 Å². The molecule has 0 unspecified atom stereocenters. The maximum Gasteiger partial charge on any atom is 0.224 e. The van der Waals surface area contributed by atoms with E-state index in [2.05, 4.69) is 88.9 Å². The van der Waals surface area contributed by atoms with Crippen LogP contribution in [0.5, 0.6) is 0 Å². The zero-order chi connectivity index (χ0) is 26.0. The minimum Gasteiger partial charge on any atom is -0.352 e. The van der Waals surface area contributed by atoms with E-state index < -0.39 is 5.54 Å². The SMILES string of the molecule is O=C(NCc1ccc(Cl)cc1)[C@@H]1C[C@H]1c1cn(C(c2ccccc2)(c2ccccc2)c2ccccc2)cn1. The normalized spacial score (nSPS) is 16.7. The highest BCUT2D eigenvalue weighted by molar-refractivity contribution is 6.30. The van der Waals surface area contributed by atoms with E-state index >= 15 is 0 Å². The monoisotopic (exact) mass is 517 g/mol. The molecule has 5 heteroatoms. The van der Waals surface area contributed by atoms with Crippen molar-refractivity contribution in [1.29, 1.82) is 0 Å². The first-order valence-electron chi connectivity index (χ1n) is 12.9. The fourth-order valence-corrected chi connectivity index (χ4v) is 5.56. The Morgan fingerprint density at radius 1 is 0.816 bits per heavy atom. The largest absolute Gasteiger partial charge is 0.352 e. The van der Waals surface area contributed by atoms with Gasteiger partial charge in [0.25, 0.3) is 0 Å². The number of nitrogens with one attached hydrogen (secondary N) is 1. The molecule has 38 heavy (non-hydrogen) atoms. The molecule has 0 bridgehead atoms. The molecular formula is C33H28ClN3O. The van der Waals surface area contributed by atoms with Crippen LogP contribution in [0, 0.1) is 5.92 Å². The molecule has 0 radical (unpaired) electrons. The first kappa shape index (κ1) is 24.2. The van der Waals surface area contributed by atoms with Gasteiger partial charge in [0.2, 0.25) is 5.91 Å². The lowest BCUT2D eigenvalue weighted by molar-refractivity contribution is -0.122. The number of rotatable bonds is 8. The Morgan fingerprint density at radius 2 is 1.34 bits per heavy atom. The summed E-state index contributed by atoms with van der Waals surface area (Å²) in [5.41, 5.74) is 4.82. The van der Waals surface area contributed by atoms with Crippen molar-refractivity contribution in [2.75, 3.05) is 0 Å². The Labute approximate surface area is 227 Å². The van der Waals surface area contributed by atoms with E-state index in [1.165, 1.54) is 0 Å². The van der Waals surface area contributed by atoms with E-state index in [1.807, 2.05) is 48.8 Å². The first-order valence-corrected chi connectivity index (χ1v) is 13.3. The van der Waals surface area contributed by atoms with Crippen LogP contribution in [0.15, 0.2) is 128 Å². The highest BCUT2D eigenvalue weighted by Crippen LogP contribution is 2.48. The van der Waals surface area contributed by atoms with Gasteiger partial charge in [-0.1, -0.05) is 115 Å². The molecule has 5 aromatic rings. The van der Waals surface area contributed by atoms with Crippen LogP contribution in [0.25, 0.3) is 0 Å². The van der Waals surface area contributed by atoms with Crippen LogP contribution < -0.4 is 5.32 Å². The van der Waals surface area contributed by atoms with Crippen LogP contribution >= 0.6 is 11.6 Å². The van der Waals surface area contributed by atoms with Crippen molar-refractivity contribution in [2.24, 2.45) is 5.92 Å². The van der Waals surface area contributed by atoms with Gasteiger partial charge in [0.1, 0.15) is 5.54 Å². The Morgan fingerprint density at radius 3 is 1.87 bits per heavy atom. The van der Waals surface area contributed by atoms with Gasteiger partial charge in [-0.15, -0.1) is 0 Å². The lowest BCUT2D eigenvalue weighted by Gasteiger charge is -2.37. The van der Waals surface area contributed by atoms with Gasteiger partial charge in [-0.05, 0) is 40.8 Å². The number of carbonyl (C=O) groups is 1. The molecule has 1 fully saturated rings. The molecule has 0 saturated heterocycles. The number of imidazole rings is 1. The van der Waals surface area contributed by atoms with Crippen LogP contribution in [0.1, 0.15) is 40.3 Å². The summed E-state index contributed by atoms with van der Waals surface area (Å²) in [5.74, 6) is 0.117. The Kier molecular flexibility index (Phi) is 6.57. The third-order valence-electron chi connectivity index (χ3n) is 7.45. The second-order valence-corrected chi connectivity index (χ2v) is 10.2. The molecule has 0 aliphatic heterocycles. The first-order chi connectivity index (χ1) is 18.7. The molecule has 1 aliphatic carbocycles. The second-order valence-electron chi connectivity index (χ2n) is 9.81. The van der Waals surface area contributed by atoms with E-state index in [0.717, 1.165) is 34.4 Å². The molecule has 4 aromatic carbocycles. The van der Waals surface area contributed by atoms with Crippen LogP contribution in [0.3, 0.4) is 0 Å².